The molecule has 0 saturated carbocycles. The Hall–Kier alpha value is 0.440. The quantitative estimate of drug-likeness (QED) is 0.659. The van der Waals surface area contributed by atoms with E-state index in [1.165, 1.54) is 51.7 Å². The summed E-state index contributed by atoms with van der Waals surface area (Å²) in [5, 5.41) is 1.16. The molecule has 0 aromatic rings. The Balaban J connectivity index is 2.36. The number of halogens is 1. The molecular weight excluding hydrogens is 262 g/mol. The maximum Gasteiger partial charge on any atom is 0.00717 e. The van der Waals surface area contributed by atoms with Crippen molar-refractivity contribution in [2.75, 3.05) is 25.0 Å². The molecule has 0 aromatic carbocycles. The summed E-state index contributed by atoms with van der Waals surface area (Å²) in [6, 6.07) is 0. The van der Waals surface area contributed by atoms with Crippen LogP contribution in [0.5, 0.6) is 0 Å². The molecule has 16 heavy (non-hydrogen) atoms. The Morgan fingerprint density at radius 1 is 1.12 bits per heavy atom. The fraction of sp³-hybridized carbons (Fsp3) is 1.00. The van der Waals surface area contributed by atoms with Gasteiger partial charge in [0.25, 0.3) is 0 Å². The highest BCUT2D eigenvalue weighted by atomic mass is 79.9. The summed E-state index contributed by atoms with van der Waals surface area (Å²) in [7, 11) is 0. The summed E-state index contributed by atoms with van der Waals surface area (Å²) >= 11 is 3.63. The second-order valence-electron chi connectivity index (χ2n) is 5.44. The zero-order valence-electron chi connectivity index (χ0n) is 11.3. The summed E-state index contributed by atoms with van der Waals surface area (Å²) in [6.07, 6.45) is 6.87. The molecule has 1 heterocycles. The minimum atomic E-state index is 0.673. The van der Waals surface area contributed by atoms with Crippen LogP contribution in [0.4, 0.5) is 0 Å². The standard InChI is InChI=1S/C14H28BrN/c1-4-13(11-15)12-16-9-7-14(5-2,6-3)8-10-16/h13H,4-12H2,1-3H3. The van der Waals surface area contributed by atoms with Crippen LogP contribution in [-0.2, 0) is 0 Å². The Morgan fingerprint density at radius 2 is 1.69 bits per heavy atom. The van der Waals surface area contributed by atoms with Gasteiger partial charge in [0.05, 0.1) is 0 Å². The van der Waals surface area contributed by atoms with Gasteiger partial charge in [-0.25, -0.2) is 0 Å². The first-order valence-electron chi connectivity index (χ1n) is 6.98. The number of rotatable bonds is 6. The summed E-state index contributed by atoms with van der Waals surface area (Å²) < 4.78 is 0. The molecule has 1 atom stereocenters. The molecule has 0 radical (unpaired) electrons. The third-order valence-corrected chi connectivity index (χ3v) is 5.64. The van der Waals surface area contributed by atoms with E-state index in [9.17, 15) is 0 Å². The van der Waals surface area contributed by atoms with Crippen molar-refractivity contribution < 1.29 is 0 Å². The molecule has 0 N–H and O–H groups in total. The third-order valence-electron chi connectivity index (χ3n) is 4.73. The fourth-order valence-corrected chi connectivity index (χ4v) is 3.48. The van der Waals surface area contributed by atoms with E-state index in [1.54, 1.807) is 0 Å². The largest absolute Gasteiger partial charge is 0.303 e. The van der Waals surface area contributed by atoms with Crippen LogP contribution >= 0.6 is 15.9 Å². The van der Waals surface area contributed by atoms with Gasteiger partial charge in [-0.05, 0) is 37.3 Å². The normalized spacial score (nSPS) is 23.2. The third kappa shape index (κ3) is 3.73. The van der Waals surface area contributed by atoms with Crippen molar-refractivity contribution in [3.05, 3.63) is 0 Å². The van der Waals surface area contributed by atoms with Gasteiger partial charge >= 0.3 is 0 Å². The van der Waals surface area contributed by atoms with Gasteiger partial charge in [0.1, 0.15) is 0 Å². The number of alkyl halides is 1. The Morgan fingerprint density at radius 3 is 2.06 bits per heavy atom. The van der Waals surface area contributed by atoms with Crippen molar-refractivity contribution in [3.63, 3.8) is 0 Å². The van der Waals surface area contributed by atoms with E-state index in [-0.39, 0.29) is 0 Å². The van der Waals surface area contributed by atoms with Crippen molar-refractivity contribution >= 4 is 15.9 Å². The highest BCUT2D eigenvalue weighted by molar-refractivity contribution is 9.09. The van der Waals surface area contributed by atoms with E-state index in [0.717, 1.165) is 11.2 Å². The lowest BCUT2D eigenvalue weighted by Gasteiger charge is -2.41. The molecule has 0 spiro atoms. The molecule has 1 saturated heterocycles. The zero-order chi connectivity index (χ0) is 12.0. The lowest BCUT2D eigenvalue weighted by molar-refractivity contribution is 0.0863. The summed E-state index contributed by atoms with van der Waals surface area (Å²) in [5.74, 6) is 0.843. The molecule has 96 valence electrons. The van der Waals surface area contributed by atoms with Gasteiger partial charge in [0.15, 0.2) is 0 Å². The van der Waals surface area contributed by atoms with Crippen molar-refractivity contribution in [2.24, 2.45) is 11.3 Å². The van der Waals surface area contributed by atoms with E-state index in [0.29, 0.717) is 5.41 Å². The number of nitrogens with zero attached hydrogens (tertiary/aromatic N) is 1. The molecule has 0 amide bonds. The van der Waals surface area contributed by atoms with Gasteiger partial charge in [0.2, 0.25) is 0 Å². The van der Waals surface area contributed by atoms with Crippen LogP contribution in [0, 0.1) is 11.3 Å². The molecule has 1 fully saturated rings. The molecule has 1 aliphatic rings. The first kappa shape index (κ1) is 14.5. The maximum atomic E-state index is 3.63. The SMILES string of the molecule is CCC(CBr)CN1CCC(CC)(CC)CC1. The van der Waals surface area contributed by atoms with Crippen molar-refractivity contribution in [3.8, 4) is 0 Å². The Labute approximate surface area is 110 Å². The molecule has 1 unspecified atom stereocenters. The highest BCUT2D eigenvalue weighted by Crippen LogP contribution is 2.38. The highest BCUT2D eigenvalue weighted by Gasteiger charge is 2.31. The second-order valence-corrected chi connectivity index (χ2v) is 6.08. The molecular formula is C14H28BrN. The lowest BCUT2D eigenvalue weighted by Crippen LogP contribution is -2.41. The molecule has 0 bridgehead atoms. The van der Waals surface area contributed by atoms with Gasteiger partial charge in [0, 0.05) is 11.9 Å². The minimum absolute atomic E-state index is 0.673. The number of piperidine rings is 1. The number of hydrogen-bond donors (Lipinski definition) is 0. The molecule has 0 aromatic heterocycles. The van der Waals surface area contributed by atoms with Gasteiger partial charge in [-0.2, -0.15) is 0 Å². The van der Waals surface area contributed by atoms with E-state index in [1.807, 2.05) is 0 Å². The first-order chi connectivity index (χ1) is 7.69. The van der Waals surface area contributed by atoms with Gasteiger partial charge in [-0.15, -0.1) is 0 Å². The molecule has 1 rings (SSSR count). The second kappa shape index (κ2) is 7.00. The van der Waals surface area contributed by atoms with E-state index in [2.05, 4.69) is 41.6 Å². The van der Waals surface area contributed by atoms with Crippen LogP contribution in [0.2, 0.25) is 0 Å². The predicted octanol–water partition coefficient (Wildman–Crippen LogP) is 4.31. The average molecular weight is 290 g/mol. The van der Waals surface area contributed by atoms with Crippen LogP contribution in [0.1, 0.15) is 52.9 Å². The van der Waals surface area contributed by atoms with Crippen LogP contribution in [0.15, 0.2) is 0 Å². The molecule has 1 aliphatic heterocycles. The summed E-state index contributed by atoms with van der Waals surface area (Å²) in [4.78, 5) is 2.68. The minimum Gasteiger partial charge on any atom is -0.303 e. The van der Waals surface area contributed by atoms with Crippen molar-refractivity contribution in [2.45, 2.75) is 52.9 Å². The summed E-state index contributed by atoms with van der Waals surface area (Å²) in [6.45, 7) is 11.0. The van der Waals surface area contributed by atoms with E-state index >= 15 is 0 Å². The van der Waals surface area contributed by atoms with Gasteiger partial charge in [-0.1, -0.05) is 56.0 Å². The Bertz CT molecular complexity index is 175. The monoisotopic (exact) mass is 289 g/mol. The van der Waals surface area contributed by atoms with Gasteiger partial charge in [-0.3, -0.25) is 0 Å². The fourth-order valence-electron chi connectivity index (χ4n) is 2.82. The van der Waals surface area contributed by atoms with E-state index < -0.39 is 0 Å². The topological polar surface area (TPSA) is 3.24 Å². The average Bonchev–Trinajstić information content (AvgIpc) is 2.37. The van der Waals surface area contributed by atoms with Crippen molar-refractivity contribution in [1.82, 2.24) is 4.90 Å². The predicted molar refractivity (Wildman–Crippen MR) is 76.3 cm³/mol. The van der Waals surface area contributed by atoms with Crippen LogP contribution in [0.3, 0.4) is 0 Å². The molecule has 2 heteroatoms. The first-order valence-corrected chi connectivity index (χ1v) is 8.10. The number of hydrogen-bond acceptors (Lipinski definition) is 1. The zero-order valence-corrected chi connectivity index (χ0v) is 12.9. The van der Waals surface area contributed by atoms with Gasteiger partial charge < -0.3 is 4.90 Å². The van der Waals surface area contributed by atoms with Crippen molar-refractivity contribution in [1.29, 1.82) is 0 Å². The molecule has 0 aliphatic carbocycles. The van der Waals surface area contributed by atoms with Crippen LogP contribution in [-0.4, -0.2) is 29.9 Å². The maximum absolute atomic E-state index is 3.63. The smallest absolute Gasteiger partial charge is 0.00717 e. The Kier molecular flexibility index (Phi) is 6.35. The van der Waals surface area contributed by atoms with Crippen LogP contribution < -0.4 is 0 Å². The lowest BCUT2D eigenvalue weighted by atomic mass is 9.74. The van der Waals surface area contributed by atoms with Crippen LogP contribution in [0.25, 0.3) is 0 Å². The molecule has 1 nitrogen and oxygen atoms in total. The summed E-state index contributed by atoms with van der Waals surface area (Å²) in [5.41, 5.74) is 0.673. The number of likely N-dealkylation sites (tertiary alicyclic amines) is 1. The van der Waals surface area contributed by atoms with E-state index in [4.69, 9.17) is 0 Å².